The number of aromatic nitrogens is 3. The molecule has 0 aliphatic rings. The van der Waals surface area contributed by atoms with E-state index in [0.717, 1.165) is 35.4 Å². The number of aromatic amines is 1. The van der Waals surface area contributed by atoms with Gasteiger partial charge >= 0.3 is 0 Å². The third kappa shape index (κ3) is 2.22. The van der Waals surface area contributed by atoms with Crippen molar-refractivity contribution in [1.29, 1.82) is 0 Å². The second kappa shape index (κ2) is 4.61. The largest absolute Gasteiger partial charge is 0.346 e. The monoisotopic (exact) mass is 218 g/mol. The van der Waals surface area contributed by atoms with Gasteiger partial charge in [0.15, 0.2) is 0 Å². The predicted molar refractivity (Wildman–Crippen MR) is 65.2 cm³/mol. The molecule has 0 spiro atoms. The van der Waals surface area contributed by atoms with Crippen molar-refractivity contribution in [1.82, 2.24) is 15.0 Å². The summed E-state index contributed by atoms with van der Waals surface area (Å²) in [5.41, 5.74) is 7.60. The Hall–Kier alpha value is -1.42. The fourth-order valence-electron chi connectivity index (χ4n) is 1.84. The minimum Gasteiger partial charge on any atom is -0.346 e. The van der Waals surface area contributed by atoms with Crippen molar-refractivity contribution < 1.29 is 0 Å². The van der Waals surface area contributed by atoms with Crippen LogP contribution in [0.25, 0.3) is 11.0 Å². The average Bonchev–Trinajstić information content (AvgIpc) is 2.65. The summed E-state index contributed by atoms with van der Waals surface area (Å²) in [5, 5.41) is 1.13. The van der Waals surface area contributed by atoms with Crippen LogP contribution in [0.15, 0.2) is 12.3 Å². The standard InChI is InChI=1S/C12H18N4/c1-8(2)7-10-9-4-6-14-12(9)16-11(15-10)3-5-13/h4,6,8H,3,5,7,13H2,1-2H3,(H,14,15,16). The van der Waals surface area contributed by atoms with E-state index in [-0.39, 0.29) is 0 Å². The number of rotatable bonds is 4. The van der Waals surface area contributed by atoms with Gasteiger partial charge in [-0.2, -0.15) is 0 Å². The summed E-state index contributed by atoms with van der Waals surface area (Å²) in [7, 11) is 0. The maximum Gasteiger partial charge on any atom is 0.141 e. The lowest BCUT2D eigenvalue weighted by Crippen LogP contribution is -2.09. The molecule has 0 atom stereocenters. The number of fused-ring (bicyclic) bond motifs is 1. The molecule has 86 valence electrons. The van der Waals surface area contributed by atoms with Crippen LogP contribution in [0.3, 0.4) is 0 Å². The van der Waals surface area contributed by atoms with Crippen LogP contribution in [0, 0.1) is 5.92 Å². The fourth-order valence-corrected chi connectivity index (χ4v) is 1.84. The van der Waals surface area contributed by atoms with Gasteiger partial charge in [-0.15, -0.1) is 0 Å². The van der Waals surface area contributed by atoms with Gasteiger partial charge in [0.05, 0.1) is 5.69 Å². The van der Waals surface area contributed by atoms with Crippen LogP contribution < -0.4 is 5.73 Å². The molecule has 2 aromatic rings. The molecule has 0 amide bonds. The number of nitrogens with one attached hydrogen (secondary N) is 1. The first-order valence-electron chi connectivity index (χ1n) is 5.73. The molecule has 0 saturated carbocycles. The fraction of sp³-hybridized carbons (Fsp3) is 0.500. The van der Waals surface area contributed by atoms with Crippen molar-refractivity contribution >= 4 is 11.0 Å². The molecule has 3 N–H and O–H groups in total. The molecule has 0 aliphatic carbocycles. The van der Waals surface area contributed by atoms with E-state index in [2.05, 4.69) is 28.8 Å². The number of hydrogen-bond donors (Lipinski definition) is 2. The van der Waals surface area contributed by atoms with Gasteiger partial charge in [-0.25, -0.2) is 9.97 Å². The number of H-pyrrole nitrogens is 1. The smallest absolute Gasteiger partial charge is 0.141 e. The molecule has 0 aliphatic heterocycles. The zero-order valence-corrected chi connectivity index (χ0v) is 9.83. The summed E-state index contributed by atoms with van der Waals surface area (Å²) in [4.78, 5) is 12.2. The van der Waals surface area contributed by atoms with Crippen LogP contribution in [0.1, 0.15) is 25.4 Å². The SMILES string of the molecule is CC(C)Cc1nc(CCN)nc2[nH]ccc12. The third-order valence-corrected chi connectivity index (χ3v) is 2.51. The van der Waals surface area contributed by atoms with Gasteiger partial charge in [-0.05, 0) is 24.9 Å². The number of nitrogens with zero attached hydrogens (tertiary/aromatic N) is 2. The van der Waals surface area contributed by atoms with E-state index in [4.69, 9.17) is 5.73 Å². The zero-order chi connectivity index (χ0) is 11.5. The molecular weight excluding hydrogens is 200 g/mol. The molecule has 0 fully saturated rings. The van der Waals surface area contributed by atoms with Gasteiger partial charge in [0, 0.05) is 18.0 Å². The van der Waals surface area contributed by atoms with E-state index < -0.39 is 0 Å². The molecule has 2 aromatic heterocycles. The van der Waals surface area contributed by atoms with Crippen molar-refractivity contribution in [3.8, 4) is 0 Å². The normalized spacial score (nSPS) is 11.5. The van der Waals surface area contributed by atoms with Gasteiger partial charge < -0.3 is 10.7 Å². The van der Waals surface area contributed by atoms with Crippen molar-refractivity contribution in [2.75, 3.05) is 6.54 Å². The molecule has 0 saturated heterocycles. The van der Waals surface area contributed by atoms with Crippen LogP contribution in [0.2, 0.25) is 0 Å². The highest BCUT2D eigenvalue weighted by atomic mass is 15.0. The summed E-state index contributed by atoms with van der Waals surface area (Å²) < 4.78 is 0. The van der Waals surface area contributed by atoms with Crippen molar-refractivity contribution in [2.45, 2.75) is 26.7 Å². The molecule has 0 unspecified atom stereocenters. The third-order valence-electron chi connectivity index (χ3n) is 2.51. The summed E-state index contributed by atoms with van der Waals surface area (Å²) >= 11 is 0. The Morgan fingerprint density at radius 3 is 2.88 bits per heavy atom. The van der Waals surface area contributed by atoms with Gasteiger partial charge in [0.1, 0.15) is 11.5 Å². The minimum atomic E-state index is 0.591. The molecule has 0 bridgehead atoms. The quantitative estimate of drug-likeness (QED) is 0.820. The Morgan fingerprint density at radius 1 is 1.38 bits per heavy atom. The van der Waals surface area contributed by atoms with Crippen LogP contribution >= 0.6 is 0 Å². The van der Waals surface area contributed by atoms with E-state index in [9.17, 15) is 0 Å². The lowest BCUT2D eigenvalue weighted by atomic mass is 10.1. The van der Waals surface area contributed by atoms with Gasteiger partial charge in [-0.1, -0.05) is 13.8 Å². The van der Waals surface area contributed by atoms with Gasteiger partial charge in [0.25, 0.3) is 0 Å². The van der Waals surface area contributed by atoms with E-state index in [1.165, 1.54) is 0 Å². The first-order valence-corrected chi connectivity index (χ1v) is 5.73. The van der Waals surface area contributed by atoms with Crippen molar-refractivity contribution in [2.24, 2.45) is 11.7 Å². The second-order valence-electron chi connectivity index (χ2n) is 4.46. The summed E-state index contributed by atoms with van der Waals surface area (Å²) in [5.74, 6) is 1.44. The topological polar surface area (TPSA) is 67.6 Å². The molecule has 0 aromatic carbocycles. The Labute approximate surface area is 95.3 Å². The zero-order valence-electron chi connectivity index (χ0n) is 9.83. The molecule has 4 heteroatoms. The maximum atomic E-state index is 5.54. The summed E-state index contributed by atoms with van der Waals surface area (Å²) in [6, 6.07) is 2.04. The Balaban J connectivity index is 2.46. The predicted octanol–water partition coefficient (Wildman–Crippen LogP) is 1.66. The van der Waals surface area contributed by atoms with E-state index in [1.54, 1.807) is 0 Å². The summed E-state index contributed by atoms with van der Waals surface area (Å²) in [6.45, 7) is 4.99. The van der Waals surface area contributed by atoms with Crippen molar-refractivity contribution in [3.05, 3.63) is 23.8 Å². The molecule has 2 rings (SSSR count). The maximum absolute atomic E-state index is 5.54. The molecule has 0 radical (unpaired) electrons. The van der Waals surface area contributed by atoms with Gasteiger partial charge in [-0.3, -0.25) is 0 Å². The minimum absolute atomic E-state index is 0.591. The van der Waals surface area contributed by atoms with Crippen LogP contribution in [0.5, 0.6) is 0 Å². The van der Waals surface area contributed by atoms with Crippen LogP contribution in [0.4, 0.5) is 0 Å². The molecule has 4 nitrogen and oxygen atoms in total. The molecule has 2 heterocycles. The average molecular weight is 218 g/mol. The Bertz CT molecular complexity index is 473. The van der Waals surface area contributed by atoms with E-state index in [0.29, 0.717) is 12.5 Å². The summed E-state index contributed by atoms with van der Waals surface area (Å²) in [6.07, 6.45) is 3.63. The van der Waals surface area contributed by atoms with Crippen LogP contribution in [-0.4, -0.2) is 21.5 Å². The second-order valence-corrected chi connectivity index (χ2v) is 4.46. The molecular formula is C12H18N4. The van der Waals surface area contributed by atoms with E-state index in [1.807, 2.05) is 12.3 Å². The lowest BCUT2D eigenvalue weighted by Gasteiger charge is -2.07. The van der Waals surface area contributed by atoms with Crippen molar-refractivity contribution in [3.63, 3.8) is 0 Å². The number of hydrogen-bond acceptors (Lipinski definition) is 3. The van der Waals surface area contributed by atoms with E-state index >= 15 is 0 Å². The molecule has 16 heavy (non-hydrogen) atoms. The first-order chi connectivity index (χ1) is 7.70. The highest BCUT2D eigenvalue weighted by Gasteiger charge is 2.09. The number of nitrogens with two attached hydrogens (primary N) is 1. The highest BCUT2D eigenvalue weighted by Crippen LogP contribution is 2.17. The highest BCUT2D eigenvalue weighted by molar-refractivity contribution is 5.77. The lowest BCUT2D eigenvalue weighted by molar-refractivity contribution is 0.634. The Kier molecular flexibility index (Phi) is 3.19. The van der Waals surface area contributed by atoms with Crippen LogP contribution in [-0.2, 0) is 12.8 Å². The Morgan fingerprint density at radius 2 is 2.19 bits per heavy atom. The first kappa shape index (κ1) is 11.1. The van der Waals surface area contributed by atoms with Gasteiger partial charge in [0.2, 0.25) is 0 Å².